The van der Waals surface area contributed by atoms with Gasteiger partial charge in [0.2, 0.25) is 0 Å². The molecule has 1 atom stereocenters. The summed E-state index contributed by atoms with van der Waals surface area (Å²) in [6.45, 7) is 9.88. The average Bonchev–Trinajstić information content (AvgIpc) is 1.85. The highest BCUT2D eigenvalue weighted by molar-refractivity contribution is 5.72. The van der Waals surface area contributed by atoms with Gasteiger partial charge in [-0.1, -0.05) is 20.8 Å². The fraction of sp³-hybridized carbons (Fsp3) is 0.900. The smallest absolute Gasteiger partial charge is 0.309 e. The standard InChI is InChI=1S/C10H20O2/c1-6-9(7(2)3)10(11)12-8(4)5/h7-9H,6H2,1-5H3. The van der Waals surface area contributed by atoms with Crippen molar-refractivity contribution in [3.63, 3.8) is 0 Å². The predicted molar refractivity (Wildman–Crippen MR) is 49.8 cm³/mol. The molecule has 0 saturated heterocycles. The number of hydrogen-bond donors (Lipinski definition) is 0. The molecular weight excluding hydrogens is 152 g/mol. The minimum atomic E-state index is -0.0532. The number of rotatable bonds is 4. The molecule has 0 spiro atoms. The molecule has 0 aromatic rings. The highest BCUT2D eigenvalue weighted by atomic mass is 16.5. The van der Waals surface area contributed by atoms with E-state index in [9.17, 15) is 4.79 Å². The highest BCUT2D eigenvalue weighted by Gasteiger charge is 2.21. The number of carbonyl (C=O) groups is 1. The quantitative estimate of drug-likeness (QED) is 0.609. The second-order valence-corrected chi connectivity index (χ2v) is 3.74. The Morgan fingerprint density at radius 3 is 2.00 bits per heavy atom. The predicted octanol–water partition coefficient (Wildman–Crippen LogP) is 2.62. The van der Waals surface area contributed by atoms with Gasteiger partial charge in [0, 0.05) is 0 Å². The Kier molecular flexibility index (Phi) is 4.95. The molecule has 0 aliphatic heterocycles. The summed E-state index contributed by atoms with van der Waals surface area (Å²) in [4.78, 5) is 11.4. The van der Waals surface area contributed by atoms with Crippen LogP contribution in [0.1, 0.15) is 41.0 Å². The number of esters is 1. The third kappa shape index (κ3) is 3.74. The lowest BCUT2D eigenvalue weighted by molar-refractivity contribution is -0.154. The first-order chi connectivity index (χ1) is 5.49. The van der Waals surface area contributed by atoms with Gasteiger partial charge >= 0.3 is 5.97 Å². The van der Waals surface area contributed by atoms with Gasteiger partial charge in [-0.25, -0.2) is 0 Å². The third-order valence-electron chi connectivity index (χ3n) is 1.90. The van der Waals surface area contributed by atoms with Crippen LogP contribution in [0.2, 0.25) is 0 Å². The molecule has 0 bridgehead atoms. The van der Waals surface area contributed by atoms with Gasteiger partial charge in [-0.05, 0) is 26.2 Å². The van der Waals surface area contributed by atoms with E-state index in [0.717, 1.165) is 6.42 Å². The van der Waals surface area contributed by atoms with E-state index in [-0.39, 0.29) is 18.0 Å². The van der Waals surface area contributed by atoms with Crippen LogP contribution in [-0.4, -0.2) is 12.1 Å². The van der Waals surface area contributed by atoms with Crippen LogP contribution in [0.5, 0.6) is 0 Å². The summed E-state index contributed by atoms with van der Waals surface area (Å²) in [6.07, 6.45) is 0.869. The second kappa shape index (κ2) is 5.18. The maximum Gasteiger partial charge on any atom is 0.309 e. The van der Waals surface area contributed by atoms with E-state index in [0.29, 0.717) is 5.92 Å². The van der Waals surface area contributed by atoms with Gasteiger partial charge in [0.05, 0.1) is 12.0 Å². The molecule has 0 aromatic heterocycles. The van der Waals surface area contributed by atoms with Crippen LogP contribution in [0.15, 0.2) is 0 Å². The van der Waals surface area contributed by atoms with Gasteiger partial charge in [0.1, 0.15) is 0 Å². The summed E-state index contributed by atoms with van der Waals surface area (Å²) in [5.74, 6) is 0.385. The molecule has 0 heterocycles. The van der Waals surface area contributed by atoms with Crippen molar-refractivity contribution < 1.29 is 9.53 Å². The van der Waals surface area contributed by atoms with Crippen molar-refractivity contribution in [2.75, 3.05) is 0 Å². The summed E-state index contributed by atoms with van der Waals surface area (Å²) in [6, 6.07) is 0. The Morgan fingerprint density at radius 2 is 1.75 bits per heavy atom. The Balaban J connectivity index is 4.04. The molecule has 0 rings (SSSR count). The monoisotopic (exact) mass is 172 g/mol. The fourth-order valence-corrected chi connectivity index (χ4v) is 1.23. The minimum Gasteiger partial charge on any atom is -0.463 e. The Bertz CT molecular complexity index is 139. The van der Waals surface area contributed by atoms with Crippen molar-refractivity contribution in [3.05, 3.63) is 0 Å². The van der Waals surface area contributed by atoms with E-state index in [1.54, 1.807) is 0 Å². The maximum absolute atomic E-state index is 11.4. The normalized spacial score (nSPS) is 13.6. The molecule has 0 N–H and O–H groups in total. The van der Waals surface area contributed by atoms with Gasteiger partial charge in [0.15, 0.2) is 0 Å². The van der Waals surface area contributed by atoms with E-state index < -0.39 is 0 Å². The van der Waals surface area contributed by atoms with E-state index in [1.807, 2.05) is 20.8 Å². The van der Waals surface area contributed by atoms with Gasteiger partial charge in [-0.3, -0.25) is 4.79 Å². The lowest BCUT2D eigenvalue weighted by atomic mass is 9.93. The molecule has 0 fully saturated rings. The average molecular weight is 172 g/mol. The molecule has 2 nitrogen and oxygen atoms in total. The van der Waals surface area contributed by atoms with Crippen molar-refractivity contribution in [2.45, 2.75) is 47.1 Å². The summed E-state index contributed by atoms with van der Waals surface area (Å²) in [7, 11) is 0. The van der Waals surface area contributed by atoms with Crippen LogP contribution in [0.25, 0.3) is 0 Å². The first kappa shape index (κ1) is 11.5. The topological polar surface area (TPSA) is 26.3 Å². The maximum atomic E-state index is 11.4. The summed E-state index contributed by atoms with van der Waals surface area (Å²) >= 11 is 0. The van der Waals surface area contributed by atoms with Crippen molar-refractivity contribution >= 4 is 5.97 Å². The van der Waals surface area contributed by atoms with Crippen LogP contribution in [-0.2, 0) is 9.53 Å². The second-order valence-electron chi connectivity index (χ2n) is 3.74. The highest BCUT2D eigenvalue weighted by Crippen LogP contribution is 2.17. The lowest BCUT2D eigenvalue weighted by Crippen LogP contribution is -2.24. The molecule has 0 aromatic carbocycles. The largest absolute Gasteiger partial charge is 0.463 e. The van der Waals surface area contributed by atoms with Crippen LogP contribution in [0, 0.1) is 11.8 Å². The zero-order valence-corrected chi connectivity index (χ0v) is 8.76. The molecule has 0 saturated carbocycles. The zero-order chi connectivity index (χ0) is 9.72. The van der Waals surface area contributed by atoms with E-state index in [1.165, 1.54) is 0 Å². The van der Waals surface area contributed by atoms with E-state index in [4.69, 9.17) is 4.74 Å². The molecule has 0 radical (unpaired) electrons. The van der Waals surface area contributed by atoms with Crippen molar-refractivity contribution in [2.24, 2.45) is 11.8 Å². The summed E-state index contributed by atoms with van der Waals surface area (Å²) in [5, 5.41) is 0. The SMILES string of the molecule is CCC(C(=O)OC(C)C)C(C)C. The van der Waals surface area contributed by atoms with Crippen LogP contribution in [0.3, 0.4) is 0 Å². The molecular formula is C10H20O2. The van der Waals surface area contributed by atoms with Gasteiger partial charge in [0.25, 0.3) is 0 Å². The first-order valence-electron chi connectivity index (χ1n) is 4.69. The van der Waals surface area contributed by atoms with Crippen LogP contribution in [0.4, 0.5) is 0 Å². The third-order valence-corrected chi connectivity index (χ3v) is 1.90. The zero-order valence-electron chi connectivity index (χ0n) is 8.76. The molecule has 0 aliphatic carbocycles. The summed E-state index contributed by atoms with van der Waals surface area (Å²) < 4.78 is 5.13. The molecule has 1 unspecified atom stereocenters. The summed E-state index contributed by atoms with van der Waals surface area (Å²) in [5.41, 5.74) is 0. The number of hydrogen-bond acceptors (Lipinski definition) is 2. The van der Waals surface area contributed by atoms with Gasteiger partial charge in [-0.15, -0.1) is 0 Å². The van der Waals surface area contributed by atoms with Gasteiger partial charge in [-0.2, -0.15) is 0 Å². The van der Waals surface area contributed by atoms with E-state index >= 15 is 0 Å². The minimum absolute atomic E-state index is 0.00491. The Morgan fingerprint density at radius 1 is 1.25 bits per heavy atom. The van der Waals surface area contributed by atoms with Crippen molar-refractivity contribution in [3.8, 4) is 0 Å². The van der Waals surface area contributed by atoms with E-state index in [2.05, 4.69) is 13.8 Å². The molecule has 2 heteroatoms. The number of ether oxygens (including phenoxy) is 1. The fourth-order valence-electron chi connectivity index (χ4n) is 1.23. The van der Waals surface area contributed by atoms with Crippen LogP contribution < -0.4 is 0 Å². The lowest BCUT2D eigenvalue weighted by Gasteiger charge is -2.18. The number of carbonyl (C=O) groups excluding carboxylic acids is 1. The Hall–Kier alpha value is -0.530. The van der Waals surface area contributed by atoms with Crippen molar-refractivity contribution in [1.82, 2.24) is 0 Å². The first-order valence-corrected chi connectivity index (χ1v) is 4.69. The van der Waals surface area contributed by atoms with Crippen molar-refractivity contribution in [1.29, 1.82) is 0 Å². The molecule has 72 valence electrons. The molecule has 0 aliphatic rings. The van der Waals surface area contributed by atoms with Gasteiger partial charge < -0.3 is 4.74 Å². The van der Waals surface area contributed by atoms with Crippen LogP contribution >= 0.6 is 0 Å². The molecule has 0 amide bonds. The molecule has 12 heavy (non-hydrogen) atoms. The Labute approximate surface area is 75.3 Å².